The Hall–Kier alpha value is -2.00. The highest BCUT2D eigenvalue weighted by Crippen LogP contribution is 2.32. The smallest absolute Gasteiger partial charge is 0.245 e. The van der Waals surface area contributed by atoms with Crippen molar-refractivity contribution in [1.29, 1.82) is 0 Å². The maximum Gasteiger partial charge on any atom is 0.245 e. The normalized spacial score (nSPS) is 23.2. The molecule has 0 spiro atoms. The molecule has 0 unspecified atom stereocenters. The third-order valence-corrected chi connectivity index (χ3v) is 6.62. The molecule has 9 heteroatoms. The molecule has 0 aromatic carbocycles. The van der Waals surface area contributed by atoms with Gasteiger partial charge < -0.3 is 14.7 Å². The number of rotatable bonds is 4. The molecule has 28 heavy (non-hydrogen) atoms. The lowest BCUT2D eigenvalue weighted by molar-refractivity contribution is 0.0878. The maximum atomic E-state index is 4.87. The van der Waals surface area contributed by atoms with E-state index < -0.39 is 0 Å². The molecule has 5 heterocycles. The molecule has 0 atom stereocenters. The minimum atomic E-state index is 0.509. The highest BCUT2D eigenvalue weighted by molar-refractivity contribution is 5.75. The molecule has 0 radical (unpaired) electrons. The van der Waals surface area contributed by atoms with Crippen molar-refractivity contribution in [3.63, 3.8) is 0 Å². The van der Waals surface area contributed by atoms with E-state index in [0.717, 1.165) is 37.8 Å². The van der Waals surface area contributed by atoms with Crippen molar-refractivity contribution in [3.05, 3.63) is 0 Å². The van der Waals surface area contributed by atoms with Crippen molar-refractivity contribution < 1.29 is 4.63 Å². The van der Waals surface area contributed by atoms with E-state index in [1.165, 1.54) is 58.4 Å². The Morgan fingerprint density at radius 2 is 1.36 bits per heavy atom. The van der Waals surface area contributed by atoms with E-state index in [4.69, 9.17) is 14.6 Å². The summed E-state index contributed by atoms with van der Waals surface area (Å²) in [4.78, 5) is 19.5. The van der Waals surface area contributed by atoms with E-state index in [2.05, 4.69) is 36.8 Å². The standard InChI is InChI=1S/C19H30N8O/c1-2-24-11-13-25(14-12-24)15-5-9-27(10-6-15)19-18(26-7-3-4-8-26)20-16-17(21-19)23-28-22-16/h15H,2-14H2,1H3. The van der Waals surface area contributed by atoms with Gasteiger partial charge in [-0.25, -0.2) is 14.6 Å². The highest BCUT2D eigenvalue weighted by atomic mass is 16.6. The van der Waals surface area contributed by atoms with Crippen molar-refractivity contribution in [2.75, 3.05) is 68.7 Å². The van der Waals surface area contributed by atoms with Crippen LogP contribution in [0.2, 0.25) is 0 Å². The van der Waals surface area contributed by atoms with Crippen LogP contribution in [0.1, 0.15) is 32.6 Å². The first-order valence-electron chi connectivity index (χ1n) is 10.8. The van der Waals surface area contributed by atoms with Crippen LogP contribution in [0.4, 0.5) is 11.6 Å². The predicted octanol–water partition coefficient (Wildman–Crippen LogP) is 1.22. The van der Waals surface area contributed by atoms with Gasteiger partial charge in [-0.3, -0.25) is 4.90 Å². The second-order valence-electron chi connectivity index (χ2n) is 8.16. The van der Waals surface area contributed by atoms with Gasteiger partial charge in [0.05, 0.1) is 0 Å². The lowest BCUT2D eigenvalue weighted by atomic mass is 10.0. The number of piperidine rings is 1. The molecule has 9 nitrogen and oxygen atoms in total. The fourth-order valence-corrected chi connectivity index (χ4v) is 4.86. The van der Waals surface area contributed by atoms with Gasteiger partial charge in [-0.2, -0.15) is 0 Å². The first-order valence-corrected chi connectivity index (χ1v) is 10.8. The molecular weight excluding hydrogens is 356 g/mol. The Morgan fingerprint density at radius 3 is 1.93 bits per heavy atom. The van der Waals surface area contributed by atoms with Crippen molar-refractivity contribution >= 4 is 22.9 Å². The molecule has 2 aromatic heterocycles. The van der Waals surface area contributed by atoms with E-state index >= 15 is 0 Å². The molecule has 5 rings (SSSR count). The average molecular weight is 387 g/mol. The molecule has 0 saturated carbocycles. The number of piperazine rings is 1. The fraction of sp³-hybridized carbons (Fsp3) is 0.789. The molecule has 0 amide bonds. The zero-order chi connectivity index (χ0) is 18.9. The topological polar surface area (TPSA) is 77.7 Å². The molecule has 0 bridgehead atoms. The molecular formula is C19H30N8O. The van der Waals surface area contributed by atoms with Crippen LogP contribution in [0.3, 0.4) is 0 Å². The fourth-order valence-electron chi connectivity index (χ4n) is 4.86. The number of nitrogens with zero attached hydrogens (tertiary/aromatic N) is 8. The molecule has 3 aliphatic heterocycles. The second kappa shape index (κ2) is 7.79. The van der Waals surface area contributed by atoms with E-state index in [1.807, 2.05) is 0 Å². The summed E-state index contributed by atoms with van der Waals surface area (Å²) in [5, 5.41) is 7.84. The van der Waals surface area contributed by atoms with Crippen LogP contribution in [0.25, 0.3) is 11.3 Å². The largest absolute Gasteiger partial charge is 0.353 e. The number of fused-ring (bicyclic) bond motifs is 1. The van der Waals surface area contributed by atoms with Crippen LogP contribution < -0.4 is 9.80 Å². The summed E-state index contributed by atoms with van der Waals surface area (Å²) >= 11 is 0. The summed E-state index contributed by atoms with van der Waals surface area (Å²) in [5.41, 5.74) is 1.02. The van der Waals surface area contributed by atoms with Crippen molar-refractivity contribution in [1.82, 2.24) is 30.1 Å². The Labute approximate surface area is 165 Å². The van der Waals surface area contributed by atoms with Gasteiger partial charge in [0.15, 0.2) is 11.6 Å². The number of anilines is 2. The molecule has 3 aliphatic rings. The summed E-state index contributed by atoms with van der Waals surface area (Å²) in [6, 6.07) is 0.691. The molecule has 152 valence electrons. The van der Waals surface area contributed by atoms with Crippen LogP contribution in [0, 0.1) is 0 Å². The van der Waals surface area contributed by atoms with Crippen molar-refractivity contribution in [2.45, 2.75) is 38.6 Å². The average Bonchev–Trinajstić information content (AvgIpc) is 3.44. The highest BCUT2D eigenvalue weighted by Gasteiger charge is 2.30. The van der Waals surface area contributed by atoms with Crippen LogP contribution >= 0.6 is 0 Å². The molecule has 3 fully saturated rings. The third kappa shape index (κ3) is 3.41. The van der Waals surface area contributed by atoms with Gasteiger partial charge in [0, 0.05) is 58.4 Å². The Balaban J connectivity index is 1.30. The van der Waals surface area contributed by atoms with Crippen LogP contribution in [-0.2, 0) is 0 Å². The van der Waals surface area contributed by atoms with Crippen LogP contribution in [0.5, 0.6) is 0 Å². The third-order valence-electron chi connectivity index (χ3n) is 6.62. The second-order valence-corrected chi connectivity index (χ2v) is 8.16. The van der Waals surface area contributed by atoms with Crippen molar-refractivity contribution in [3.8, 4) is 0 Å². The maximum absolute atomic E-state index is 4.87. The SMILES string of the molecule is CCN1CCN(C2CCN(c3nc4nonc4nc3N3CCCC3)CC2)CC1. The van der Waals surface area contributed by atoms with E-state index in [1.54, 1.807) is 0 Å². The van der Waals surface area contributed by atoms with Gasteiger partial charge in [-0.1, -0.05) is 6.92 Å². The molecule has 0 aliphatic carbocycles. The van der Waals surface area contributed by atoms with E-state index in [0.29, 0.717) is 17.3 Å². The van der Waals surface area contributed by atoms with Gasteiger partial charge in [0.2, 0.25) is 11.3 Å². The van der Waals surface area contributed by atoms with E-state index in [9.17, 15) is 0 Å². The first-order chi connectivity index (χ1) is 13.8. The minimum Gasteiger partial charge on any atom is -0.353 e. The number of aromatic nitrogens is 4. The van der Waals surface area contributed by atoms with Crippen LogP contribution in [0.15, 0.2) is 4.63 Å². The Bertz CT molecular complexity index is 788. The van der Waals surface area contributed by atoms with Crippen molar-refractivity contribution in [2.24, 2.45) is 0 Å². The zero-order valence-electron chi connectivity index (χ0n) is 16.8. The van der Waals surface area contributed by atoms with Gasteiger partial charge in [0.1, 0.15) is 0 Å². The number of likely N-dealkylation sites (N-methyl/N-ethyl adjacent to an activating group) is 1. The monoisotopic (exact) mass is 386 g/mol. The number of hydrogen-bond donors (Lipinski definition) is 0. The Morgan fingerprint density at radius 1 is 0.786 bits per heavy atom. The summed E-state index contributed by atoms with van der Waals surface area (Å²) < 4.78 is 4.87. The summed E-state index contributed by atoms with van der Waals surface area (Å²) in [6.45, 7) is 12.4. The Kier molecular flexibility index (Phi) is 5.02. The summed E-state index contributed by atoms with van der Waals surface area (Å²) in [6.07, 6.45) is 4.79. The molecule has 2 aromatic rings. The predicted molar refractivity (Wildman–Crippen MR) is 108 cm³/mol. The molecule has 3 saturated heterocycles. The van der Waals surface area contributed by atoms with Crippen LogP contribution in [-0.4, -0.2) is 95.0 Å². The van der Waals surface area contributed by atoms with Gasteiger partial charge in [0.25, 0.3) is 0 Å². The zero-order valence-corrected chi connectivity index (χ0v) is 16.8. The summed E-state index contributed by atoms with van der Waals surface area (Å²) in [7, 11) is 0. The summed E-state index contributed by atoms with van der Waals surface area (Å²) in [5.74, 6) is 1.91. The lowest BCUT2D eigenvalue weighted by Crippen LogP contribution is -2.53. The quantitative estimate of drug-likeness (QED) is 0.770. The lowest BCUT2D eigenvalue weighted by Gasteiger charge is -2.43. The van der Waals surface area contributed by atoms with Gasteiger partial charge in [-0.15, -0.1) is 0 Å². The molecule has 0 N–H and O–H groups in total. The minimum absolute atomic E-state index is 0.509. The first kappa shape index (κ1) is 18.1. The van der Waals surface area contributed by atoms with Gasteiger partial charge in [-0.05, 0) is 42.5 Å². The van der Waals surface area contributed by atoms with E-state index in [-0.39, 0.29) is 0 Å². The van der Waals surface area contributed by atoms with Gasteiger partial charge >= 0.3 is 0 Å². The number of hydrogen-bond acceptors (Lipinski definition) is 9.